The maximum Gasteiger partial charge on any atom is 0.164 e. The van der Waals surface area contributed by atoms with Crippen LogP contribution >= 0.6 is 11.3 Å². The highest BCUT2D eigenvalue weighted by Gasteiger charge is 2.25. The van der Waals surface area contributed by atoms with Crippen LogP contribution in [0.1, 0.15) is 0 Å². The van der Waals surface area contributed by atoms with Gasteiger partial charge in [0.25, 0.3) is 0 Å². The van der Waals surface area contributed by atoms with Crippen LogP contribution in [0.25, 0.3) is 87.7 Å². The minimum Gasteiger partial charge on any atom is -0.208 e. The van der Waals surface area contributed by atoms with Crippen LogP contribution in [0.4, 0.5) is 0 Å². The second kappa shape index (κ2) is 15.5. The Labute approximate surface area is 367 Å². The van der Waals surface area contributed by atoms with Crippen LogP contribution in [0.5, 0.6) is 0 Å². The van der Waals surface area contributed by atoms with Gasteiger partial charge in [-0.05, 0) is 44.2 Å². The molecule has 274 valence electrons. The smallest absolute Gasteiger partial charge is 0.164 e. The largest absolute Gasteiger partial charge is 0.208 e. The van der Waals surface area contributed by atoms with Crippen LogP contribution in [0.3, 0.4) is 0 Å². The third-order valence-electron chi connectivity index (χ3n) is 13.6. The fraction of sp³-hybridized carbons (Fsp3) is 0. The predicted octanol–water partition coefficient (Wildman–Crippen LogP) is -6.92. The second-order valence-electron chi connectivity index (χ2n) is 16.7. The summed E-state index contributed by atoms with van der Waals surface area (Å²) >= 11 is 1.93. The van der Waals surface area contributed by atoms with Crippen molar-refractivity contribution in [2.24, 2.45) is 0 Å². The number of thiophene rings is 1. The highest BCUT2D eigenvalue weighted by Crippen LogP contribution is 2.33. The molecular weight excluding hydrogens is 734 g/mol. The molecule has 0 saturated carbocycles. The van der Waals surface area contributed by atoms with Crippen LogP contribution < -0.4 is 60.1 Å². The molecule has 2 heterocycles. The standard InChI is InChI=1S/C45H40B11N3S/c46-30-26(25-31(47)38(54)40(56)39(55)32(25)48)36(52)41-27(33(30)49)28-34(50)35(51)29(37(53)42(28)60-41)45-58-43(23-15-11-21(12-16-23)19-7-3-1-4-8-19)57-44(59-45)24-17-13-22(14-18-24)20-9-5-2-6-10-20/h1-18H,46-56H2. The first-order chi connectivity index (χ1) is 28.8. The third kappa shape index (κ3) is 6.48. The van der Waals surface area contributed by atoms with Crippen molar-refractivity contribution in [2.45, 2.75) is 0 Å². The highest BCUT2D eigenvalue weighted by molar-refractivity contribution is 7.28. The third-order valence-corrected chi connectivity index (χ3v) is 15.0. The zero-order chi connectivity index (χ0) is 42.1. The van der Waals surface area contributed by atoms with Gasteiger partial charge >= 0.3 is 0 Å². The quantitative estimate of drug-likeness (QED) is 0.158. The number of hydrogen-bond acceptors (Lipinski definition) is 4. The molecule has 3 nitrogen and oxygen atoms in total. The second-order valence-corrected chi connectivity index (χ2v) is 17.7. The Morgan fingerprint density at radius 1 is 0.267 bits per heavy atom. The van der Waals surface area contributed by atoms with Gasteiger partial charge in [-0.2, -0.15) is 0 Å². The molecule has 0 saturated heterocycles. The molecule has 0 aliphatic heterocycles. The monoisotopic (exact) mass is 775 g/mol. The van der Waals surface area contributed by atoms with Crippen LogP contribution in [-0.2, 0) is 0 Å². The highest BCUT2D eigenvalue weighted by atomic mass is 32.1. The lowest BCUT2D eigenvalue weighted by atomic mass is 9.57. The summed E-state index contributed by atoms with van der Waals surface area (Å²) in [7, 11) is 25.3. The van der Waals surface area contributed by atoms with Crippen molar-refractivity contribution in [3.8, 4) is 67.5 Å². The van der Waals surface area contributed by atoms with Gasteiger partial charge in [0.1, 0.15) is 86.3 Å². The van der Waals surface area contributed by atoms with Gasteiger partial charge in [0.2, 0.25) is 0 Å². The van der Waals surface area contributed by atoms with E-state index < -0.39 is 0 Å². The summed E-state index contributed by atoms with van der Waals surface area (Å²) in [5.74, 6) is 2.03. The van der Waals surface area contributed by atoms with E-state index in [0.717, 1.165) is 27.8 Å². The lowest BCUT2D eigenvalue weighted by Gasteiger charge is -2.25. The Morgan fingerprint density at radius 3 is 1.00 bits per heavy atom. The fourth-order valence-electron chi connectivity index (χ4n) is 9.43. The van der Waals surface area contributed by atoms with Gasteiger partial charge in [-0.1, -0.05) is 153 Å². The van der Waals surface area contributed by atoms with Crippen molar-refractivity contribution in [3.63, 3.8) is 0 Å². The molecule has 0 aliphatic carbocycles. The zero-order valence-corrected chi connectivity index (χ0v) is 37.5. The Hall–Kier alpha value is -5.52. The van der Waals surface area contributed by atoms with Gasteiger partial charge in [0.05, 0.1) is 0 Å². The summed E-state index contributed by atoms with van der Waals surface area (Å²) in [6, 6.07) is 38.2. The number of fused-ring (bicyclic) bond motifs is 3. The average Bonchev–Trinajstić information content (AvgIpc) is 3.70. The van der Waals surface area contributed by atoms with E-state index in [0.29, 0.717) is 17.5 Å². The molecule has 0 N–H and O–H groups in total. The Balaban J connectivity index is 1.26. The van der Waals surface area contributed by atoms with E-state index in [1.165, 1.54) is 103 Å². The van der Waals surface area contributed by atoms with Gasteiger partial charge in [0.15, 0.2) is 17.5 Å². The van der Waals surface area contributed by atoms with Gasteiger partial charge in [0, 0.05) is 26.1 Å². The normalized spacial score (nSPS) is 11.4. The van der Waals surface area contributed by atoms with E-state index in [1.807, 2.05) is 11.3 Å². The predicted molar refractivity (Wildman–Crippen MR) is 295 cm³/mol. The molecule has 0 bridgehead atoms. The first kappa shape index (κ1) is 39.9. The maximum absolute atomic E-state index is 5.32. The molecule has 0 fully saturated rings. The van der Waals surface area contributed by atoms with Crippen LogP contribution in [0.2, 0.25) is 0 Å². The number of hydrogen-bond donors (Lipinski definition) is 0. The first-order valence-electron chi connectivity index (χ1n) is 21.0. The molecular formula is C45H40B11N3S. The topological polar surface area (TPSA) is 38.7 Å². The molecule has 0 aliphatic rings. The van der Waals surface area contributed by atoms with E-state index in [-0.39, 0.29) is 0 Å². The Morgan fingerprint density at radius 2 is 0.567 bits per heavy atom. The molecule has 15 heteroatoms. The minimum absolute atomic E-state index is 0.663. The van der Waals surface area contributed by atoms with Gasteiger partial charge in [-0.15, -0.1) is 27.7 Å². The maximum atomic E-state index is 5.32. The summed E-state index contributed by atoms with van der Waals surface area (Å²) in [5.41, 5.74) is 25.2. The minimum atomic E-state index is 0.663. The Kier molecular flexibility index (Phi) is 10.3. The van der Waals surface area contributed by atoms with E-state index in [2.05, 4.69) is 196 Å². The first-order valence-corrected chi connectivity index (χ1v) is 21.8. The van der Waals surface area contributed by atoms with Gasteiger partial charge < -0.3 is 0 Å². The summed E-state index contributed by atoms with van der Waals surface area (Å²) in [6.45, 7) is 0. The summed E-state index contributed by atoms with van der Waals surface area (Å²) in [4.78, 5) is 15.8. The van der Waals surface area contributed by atoms with Crippen molar-refractivity contribution in [2.75, 3.05) is 0 Å². The fourth-order valence-corrected chi connectivity index (χ4v) is 10.9. The number of nitrogens with zero attached hydrogens (tertiary/aromatic N) is 3. The summed E-state index contributed by atoms with van der Waals surface area (Å²) in [6.07, 6.45) is 0. The van der Waals surface area contributed by atoms with E-state index in [4.69, 9.17) is 15.0 Å². The lowest BCUT2D eigenvalue weighted by Crippen LogP contribution is -2.56. The lowest BCUT2D eigenvalue weighted by molar-refractivity contribution is 1.08. The Bertz CT molecular complexity index is 3060. The van der Waals surface area contributed by atoms with Crippen LogP contribution in [-0.4, -0.2) is 101 Å². The van der Waals surface area contributed by atoms with Gasteiger partial charge in [-0.3, -0.25) is 0 Å². The molecule has 0 radical (unpaired) electrons. The molecule has 2 aromatic heterocycles. The van der Waals surface area contributed by atoms with E-state index >= 15 is 0 Å². The molecule has 7 aromatic carbocycles. The van der Waals surface area contributed by atoms with Crippen molar-refractivity contribution >= 4 is 178 Å². The van der Waals surface area contributed by atoms with Crippen LogP contribution in [0, 0.1) is 0 Å². The average molecular weight is 774 g/mol. The van der Waals surface area contributed by atoms with Crippen molar-refractivity contribution in [3.05, 3.63) is 109 Å². The molecule has 0 spiro atoms. The van der Waals surface area contributed by atoms with Crippen LogP contribution in [0.15, 0.2) is 109 Å². The van der Waals surface area contributed by atoms with Crippen molar-refractivity contribution in [1.82, 2.24) is 15.0 Å². The number of benzene rings is 7. The number of rotatable bonds is 6. The molecule has 9 rings (SSSR count). The molecule has 0 atom stereocenters. The molecule has 0 amide bonds. The van der Waals surface area contributed by atoms with E-state index in [1.54, 1.807) is 0 Å². The molecule has 9 aromatic rings. The van der Waals surface area contributed by atoms with E-state index in [9.17, 15) is 0 Å². The SMILES string of the molecule is Bc1c(B)c(B)c(-c2c(B)c(B)c3c(sc4c(B)c(-c5nc(-c6ccc(-c7ccccc7)cc6)nc(-c6ccc(-c7ccccc7)cc6)n5)c(B)c(B)c43)c2B)c(B)c1B. The molecule has 0 unspecified atom stereocenters. The molecule has 60 heavy (non-hydrogen) atoms. The summed E-state index contributed by atoms with van der Waals surface area (Å²) in [5, 5.41) is 2.74. The zero-order valence-electron chi connectivity index (χ0n) is 36.6. The van der Waals surface area contributed by atoms with Crippen molar-refractivity contribution < 1.29 is 0 Å². The van der Waals surface area contributed by atoms with Gasteiger partial charge in [-0.25, -0.2) is 15.0 Å². The van der Waals surface area contributed by atoms with Crippen molar-refractivity contribution in [1.29, 1.82) is 0 Å². The number of aromatic nitrogens is 3. The summed E-state index contributed by atoms with van der Waals surface area (Å²) < 4.78 is 2.67.